The molecule has 0 spiro atoms. The van der Waals surface area contributed by atoms with Crippen LogP contribution in [0.5, 0.6) is 5.75 Å². The second-order valence-corrected chi connectivity index (χ2v) is 4.33. The van der Waals surface area contributed by atoms with Gasteiger partial charge in [0.05, 0.1) is 0 Å². The molecule has 0 aliphatic heterocycles. The van der Waals surface area contributed by atoms with E-state index in [-0.39, 0.29) is 11.8 Å². The van der Waals surface area contributed by atoms with Crippen LogP contribution in [0, 0.1) is 0 Å². The van der Waals surface area contributed by atoms with Crippen LogP contribution in [0.3, 0.4) is 0 Å². The summed E-state index contributed by atoms with van der Waals surface area (Å²) in [6.45, 7) is 0. The molecule has 0 amide bonds. The average molecular weight is 265 g/mol. The third-order valence-corrected chi connectivity index (χ3v) is 2.84. The quantitative estimate of drug-likeness (QED) is 0.883. The highest BCUT2D eigenvalue weighted by atomic mass is 32.2. The molecule has 0 bridgehead atoms. The molecule has 1 unspecified atom stereocenters. The first-order valence-corrected chi connectivity index (χ1v) is 6.37. The molecule has 1 N–H and O–H groups in total. The summed E-state index contributed by atoms with van der Waals surface area (Å²) in [5, 5.41) is 3.05. The second kappa shape index (κ2) is 6.16. The van der Waals surface area contributed by atoms with Crippen LogP contribution in [0.4, 0.5) is 13.2 Å². The summed E-state index contributed by atoms with van der Waals surface area (Å²) in [7, 11) is 1.78. The number of halogens is 3. The second-order valence-electron chi connectivity index (χ2n) is 3.42. The summed E-state index contributed by atoms with van der Waals surface area (Å²) in [5.74, 6) is 0.600. The summed E-state index contributed by atoms with van der Waals surface area (Å²) in [4.78, 5) is 0. The van der Waals surface area contributed by atoms with Gasteiger partial charge in [-0.15, -0.1) is 13.2 Å². The number of ether oxygens (including phenoxy) is 1. The lowest BCUT2D eigenvalue weighted by Gasteiger charge is -2.16. The van der Waals surface area contributed by atoms with Gasteiger partial charge in [0.15, 0.2) is 0 Å². The maximum atomic E-state index is 12.1. The van der Waals surface area contributed by atoms with Gasteiger partial charge >= 0.3 is 6.36 Å². The fourth-order valence-corrected chi connectivity index (χ4v) is 2.13. The zero-order valence-electron chi connectivity index (χ0n) is 9.54. The molecule has 0 radical (unpaired) electrons. The van der Waals surface area contributed by atoms with Gasteiger partial charge in [0.25, 0.3) is 0 Å². The Balaban J connectivity index is 2.84. The molecular formula is C11H14F3NOS. The Morgan fingerprint density at radius 2 is 2.12 bits per heavy atom. The lowest BCUT2D eigenvalue weighted by Crippen LogP contribution is -2.20. The van der Waals surface area contributed by atoms with Gasteiger partial charge in [-0.3, -0.25) is 0 Å². The summed E-state index contributed by atoms with van der Waals surface area (Å²) in [6, 6.07) is 6.05. The van der Waals surface area contributed by atoms with E-state index in [4.69, 9.17) is 0 Å². The van der Waals surface area contributed by atoms with E-state index >= 15 is 0 Å². The minimum atomic E-state index is -4.65. The molecule has 0 fully saturated rings. The van der Waals surface area contributed by atoms with Crippen molar-refractivity contribution in [2.45, 2.75) is 12.4 Å². The molecule has 2 nitrogen and oxygen atoms in total. The third kappa shape index (κ3) is 4.87. The van der Waals surface area contributed by atoms with Crippen LogP contribution in [0.15, 0.2) is 24.3 Å². The smallest absolute Gasteiger partial charge is 0.406 e. The maximum absolute atomic E-state index is 12.1. The Labute approximate surface area is 103 Å². The van der Waals surface area contributed by atoms with Crippen molar-refractivity contribution in [1.82, 2.24) is 5.32 Å². The fraction of sp³-hybridized carbons (Fsp3) is 0.455. The van der Waals surface area contributed by atoms with Crippen molar-refractivity contribution in [3.63, 3.8) is 0 Å². The molecule has 1 aromatic carbocycles. The highest BCUT2D eigenvalue weighted by Gasteiger charge is 2.31. The van der Waals surface area contributed by atoms with E-state index < -0.39 is 6.36 Å². The van der Waals surface area contributed by atoms with Crippen molar-refractivity contribution in [1.29, 1.82) is 0 Å². The molecule has 96 valence electrons. The zero-order valence-corrected chi connectivity index (χ0v) is 10.4. The number of hydrogen-bond donors (Lipinski definition) is 1. The molecule has 0 saturated carbocycles. The predicted molar refractivity (Wildman–Crippen MR) is 63.3 cm³/mol. The largest absolute Gasteiger partial charge is 0.573 e. The molecule has 6 heteroatoms. The van der Waals surface area contributed by atoms with Crippen LogP contribution < -0.4 is 10.1 Å². The molecular weight excluding hydrogens is 251 g/mol. The van der Waals surface area contributed by atoms with Crippen LogP contribution in [-0.2, 0) is 0 Å². The molecule has 0 aromatic heterocycles. The Bertz CT molecular complexity index is 357. The van der Waals surface area contributed by atoms with E-state index in [1.165, 1.54) is 12.1 Å². The standard InChI is InChI=1S/C11H14F3NOS/c1-15-10(7-17-2)8-4-3-5-9(6-8)16-11(12,13)14/h3-6,10,15H,7H2,1-2H3. The Morgan fingerprint density at radius 3 is 2.65 bits per heavy atom. The van der Waals surface area contributed by atoms with Crippen LogP contribution in [-0.4, -0.2) is 25.4 Å². The lowest BCUT2D eigenvalue weighted by atomic mass is 10.1. The van der Waals surface area contributed by atoms with Gasteiger partial charge in [-0.1, -0.05) is 12.1 Å². The predicted octanol–water partition coefficient (Wildman–Crippen LogP) is 3.21. The van der Waals surface area contributed by atoms with E-state index in [0.717, 1.165) is 11.3 Å². The van der Waals surface area contributed by atoms with Gasteiger partial charge in [0, 0.05) is 11.8 Å². The van der Waals surface area contributed by atoms with E-state index in [0.29, 0.717) is 0 Å². The first-order chi connectivity index (χ1) is 7.96. The van der Waals surface area contributed by atoms with Crippen LogP contribution in [0.25, 0.3) is 0 Å². The SMILES string of the molecule is CNC(CSC)c1cccc(OC(F)(F)F)c1. The van der Waals surface area contributed by atoms with Crippen molar-refractivity contribution < 1.29 is 17.9 Å². The molecule has 0 saturated heterocycles. The first kappa shape index (κ1) is 14.2. The summed E-state index contributed by atoms with van der Waals surface area (Å²) in [5.41, 5.74) is 0.781. The molecule has 0 heterocycles. The van der Waals surface area contributed by atoms with Crippen molar-refractivity contribution in [3.05, 3.63) is 29.8 Å². The monoisotopic (exact) mass is 265 g/mol. The highest BCUT2D eigenvalue weighted by molar-refractivity contribution is 7.98. The Hall–Kier alpha value is -0.880. The number of rotatable bonds is 5. The topological polar surface area (TPSA) is 21.3 Å². The first-order valence-electron chi connectivity index (χ1n) is 4.98. The van der Waals surface area contributed by atoms with Gasteiger partial charge in [-0.25, -0.2) is 0 Å². The van der Waals surface area contributed by atoms with Crippen LogP contribution >= 0.6 is 11.8 Å². The fourth-order valence-electron chi connectivity index (χ4n) is 1.44. The van der Waals surface area contributed by atoms with E-state index in [9.17, 15) is 13.2 Å². The molecule has 17 heavy (non-hydrogen) atoms. The van der Waals surface area contributed by atoms with E-state index in [1.807, 2.05) is 6.26 Å². The minimum absolute atomic E-state index is 0.0155. The van der Waals surface area contributed by atoms with Gasteiger partial charge in [-0.05, 0) is 31.0 Å². The van der Waals surface area contributed by atoms with Crippen LogP contribution in [0.2, 0.25) is 0 Å². The molecule has 0 aliphatic rings. The molecule has 0 aliphatic carbocycles. The van der Waals surface area contributed by atoms with Gasteiger partial charge < -0.3 is 10.1 Å². The average Bonchev–Trinajstić information content (AvgIpc) is 2.24. The summed E-state index contributed by atoms with van der Waals surface area (Å²) in [6.07, 6.45) is -2.70. The minimum Gasteiger partial charge on any atom is -0.406 e. The van der Waals surface area contributed by atoms with Crippen molar-refractivity contribution in [3.8, 4) is 5.75 Å². The Morgan fingerprint density at radius 1 is 1.41 bits per heavy atom. The maximum Gasteiger partial charge on any atom is 0.573 e. The molecule has 1 rings (SSSR count). The molecule has 1 aromatic rings. The van der Waals surface area contributed by atoms with Crippen molar-refractivity contribution in [2.75, 3.05) is 19.1 Å². The Kier molecular flexibility index (Phi) is 5.14. The van der Waals surface area contributed by atoms with Crippen LogP contribution in [0.1, 0.15) is 11.6 Å². The van der Waals surface area contributed by atoms with Gasteiger partial charge in [-0.2, -0.15) is 11.8 Å². The number of thioether (sulfide) groups is 1. The highest BCUT2D eigenvalue weighted by Crippen LogP contribution is 2.26. The zero-order chi connectivity index (χ0) is 12.9. The van der Waals surface area contributed by atoms with Gasteiger partial charge in [0.1, 0.15) is 5.75 Å². The molecule has 1 atom stereocenters. The van der Waals surface area contributed by atoms with Crippen molar-refractivity contribution in [2.24, 2.45) is 0 Å². The normalized spacial score (nSPS) is 13.5. The summed E-state index contributed by atoms with van der Waals surface area (Å²) < 4.78 is 40.1. The van der Waals surface area contributed by atoms with Crippen molar-refractivity contribution >= 4 is 11.8 Å². The van der Waals surface area contributed by atoms with E-state index in [1.54, 1.807) is 30.9 Å². The van der Waals surface area contributed by atoms with Gasteiger partial charge in [0.2, 0.25) is 0 Å². The number of alkyl halides is 3. The number of hydrogen-bond acceptors (Lipinski definition) is 3. The van der Waals surface area contributed by atoms with E-state index in [2.05, 4.69) is 10.1 Å². The third-order valence-electron chi connectivity index (χ3n) is 2.18. The summed E-state index contributed by atoms with van der Waals surface area (Å²) >= 11 is 1.62. The number of nitrogens with one attached hydrogen (secondary N) is 1. The lowest BCUT2D eigenvalue weighted by molar-refractivity contribution is -0.274. The number of benzene rings is 1.